The van der Waals surface area contributed by atoms with Crippen LogP contribution in [-0.4, -0.2) is 10.2 Å². The molecule has 104 valence electrons. The van der Waals surface area contributed by atoms with Crippen molar-refractivity contribution in [1.82, 2.24) is 0 Å². The monoisotopic (exact) mass is 278 g/mol. The van der Waals surface area contributed by atoms with Gasteiger partial charge in [0.15, 0.2) is 0 Å². The number of azo groups is 1. The highest BCUT2D eigenvalue weighted by Crippen LogP contribution is 2.36. The fourth-order valence-electron chi connectivity index (χ4n) is 2.17. The lowest BCUT2D eigenvalue weighted by molar-refractivity contribution is 0.471. The third kappa shape index (κ3) is 2.43. The van der Waals surface area contributed by atoms with Gasteiger partial charge in [-0.3, -0.25) is 0 Å². The Kier molecular flexibility index (Phi) is 3.28. The topological polar surface area (TPSA) is 65.2 Å². The first-order valence-electron chi connectivity index (χ1n) is 6.58. The van der Waals surface area contributed by atoms with Gasteiger partial charge in [0.25, 0.3) is 0 Å². The molecule has 0 heterocycles. The largest absolute Gasteiger partial charge is 0.508 e. The smallest absolute Gasteiger partial charge is 0.143 e. The number of hydrogen-bond donors (Lipinski definition) is 2. The van der Waals surface area contributed by atoms with Crippen LogP contribution in [0, 0.1) is 6.92 Å². The van der Waals surface area contributed by atoms with Gasteiger partial charge in [-0.05, 0) is 30.5 Å². The third-order valence-corrected chi connectivity index (χ3v) is 3.41. The summed E-state index contributed by atoms with van der Waals surface area (Å²) >= 11 is 0. The molecular weight excluding hydrogens is 264 g/mol. The van der Waals surface area contributed by atoms with Gasteiger partial charge in [0.2, 0.25) is 0 Å². The molecule has 2 N–H and O–H groups in total. The van der Waals surface area contributed by atoms with Crippen molar-refractivity contribution in [1.29, 1.82) is 0 Å². The summed E-state index contributed by atoms with van der Waals surface area (Å²) in [4.78, 5) is 0. The molecule has 0 radical (unpaired) electrons. The van der Waals surface area contributed by atoms with Crippen LogP contribution in [0.3, 0.4) is 0 Å². The van der Waals surface area contributed by atoms with Gasteiger partial charge < -0.3 is 10.2 Å². The maximum atomic E-state index is 10.0. The SMILES string of the molecule is Cc1c(O)cccc1N=Nc1c(O)ccc2ccccc12. The van der Waals surface area contributed by atoms with E-state index in [0.29, 0.717) is 16.9 Å². The highest BCUT2D eigenvalue weighted by molar-refractivity contribution is 5.95. The van der Waals surface area contributed by atoms with Crippen LogP contribution in [0.2, 0.25) is 0 Å². The Labute approximate surface area is 122 Å². The van der Waals surface area contributed by atoms with Gasteiger partial charge >= 0.3 is 0 Å². The molecule has 21 heavy (non-hydrogen) atoms. The van der Waals surface area contributed by atoms with E-state index in [1.54, 1.807) is 31.2 Å². The molecule has 0 saturated heterocycles. The number of rotatable bonds is 2. The molecule has 0 atom stereocenters. The summed E-state index contributed by atoms with van der Waals surface area (Å²) in [6.45, 7) is 1.77. The second kappa shape index (κ2) is 5.25. The first kappa shape index (κ1) is 13.1. The van der Waals surface area contributed by atoms with Crippen molar-refractivity contribution in [3.63, 3.8) is 0 Å². The van der Waals surface area contributed by atoms with Crippen LogP contribution in [0.1, 0.15) is 5.56 Å². The van der Waals surface area contributed by atoms with Crippen LogP contribution in [0.4, 0.5) is 11.4 Å². The lowest BCUT2D eigenvalue weighted by atomic mass is 10.1. The zero-order valence-electron chi connectivity index (χ0n) is 11.5. The second-order valence-electron chi connectivity index (χ2n) is 4.78. The van der Waals surface area contributed by atoms with Gasteiger partial charge in [0.05, 0.1) is 5.69 Å². The zero-order valence-corrected chi connectivity index (χ0v) is 11.5. The lowest BCUT2D eigenvalue weighted by Crippen LogP contribution is -1.76. The Morgan fingerprint density at radius 2 is 1.57 bits per heavy atom. The number of nitrogens with zero attached hydrogens (tertiary/aromatic N) is 2. The van der Waals surface area contributed by atoms with Crippen LogP contribution in [0.5, 0.6) is 11.5 Å². The number of hydrogen-bond acceptors (Lipinski definition) is 4. The van der Waals surface area contributed by atoms with Crippen LogP contribution < -0.4 is 0 Å². The second-order valence-corrected chi connectivity index (χ2v) is 4.78. The van der Waals surface area contributed by atoms with Crippen molar-refractivity contribution in [3.05, 3.63) is 60.2 Å². The Hall–Kier alpha value is -2.88. The Bertz CT molecular complexity index is 841. The molecule has 3 aromatic carbocycles. The molecule has 0 fully saturated rings. The van der Waals surface area contributed by atoms with E-state index in [4.69, 9.17) is 0 Å². The number of benzene rings is 3. The van der Waals surface area contributed by atoms with E-state index in [0.717, 1.165) is 10.8 Å². The standard InChI is InChI=1S/C17H14N2O2/c1-11-14(7-4-8-15(11)20)18-19-17-13-6-3-2-5-12(13)9-10-16(17)21/h2-10,20-21H,1H3. The Morgan fingerprint density at radius 1 is 0.762 bits per heavy atom. The normalized spacial score (nSPS) is 11.3. The van der Waals surface area contributed by atoms with E-state index >= 15 is 0 Å². The Morgan fingerprint density at radius 3 is 2.43 bits per heavy atom. The van der Waals surface area contributed by atoms with Gasteiger partial charge in [-0.25, -0.2) is 0 Å². The minimum absolute atomic E-state index is 0.0789. The molecule has 0 aliphatic heterocycles. The number of phenols is 2. The van der Waals surface area contributed by atoms with Crippen molar-refractivity contribution in [2.75, 3.05) is 0 Å². The van der Waals surface area contributed by atoms with E-state index in [1.807, 2.05) is 30.3 Å². The lowest BCUT2D eigenvalue weighted by Gasteiger charge is -2.04. The predicted molar refractivity (Wildman–Crippen MR) is 82.6 cm³/mol. The molecular formula is C17H14N2O2. The average molecular weight is 278 g/mol. The molecule has 4 heteroatoms. The average Bonchev–Trinajstić information content (AvgIpc) is 2.50. The molecule has 0 aliphatic rings. The summed E-state index contributed by atoms with van der Waals surface area (Å²) in [5.74, 6) is 0.254. The molecule has 0 unspecified atom stereocenters. The van der Waals surface area contributed by atoms with Gasteiger partial charge in [-0.15, -0.1) is 10.2 Å². The number of phenolic OH excluding ortho intramolecular Hbond substituents is 2. The summed E-state index contributed by atoms with van der Waals surface area (Å²) < 4.78 is 0. The van der Waals surface area contributed by atoms with Crippen molar-refractivity contribution in [3.8, 4) is 11.5 Å². The van der Waals surface area contributed by atoms with Crippen LogP contribution in [0.15, 0.2) is 64.8 Å². The highest BCUT2D eigenvalue weighted by atomic mass is 16.3. The maximum absolute atomic E-state index is 10.0. The quantitative estimate of drug-likeness (QED) is 0.649. The third-order valence-electron chi connectivity index (χ3n) is 3.41. The molecule has 0 amide bonds. The van der Waals surface area contributed by atoms with Crippen molar-refractivity contribution >= 4 is 22.1 Å². The van der Waals surface area contributed by atoms with E-state index in [9.17, 15) is 10.2 Å². The van der Waals surface area contributed by atoms with Gasteiger partial charge in [0.1, 0.15) is 17.2 Å². The minimum Gasteiger partial charge on any atom is -0.508 e. The van der Waals surface area contributed by atoms with Gasteiger partial charge in [0, 0.05) is 10.9 Å². The van der Waals surface area contributed by atoms with E-state index in [1.165, 1.54) is 0 Å². The van der Waals surface area contributed by atoms with E-state index in [2.05, 4.69) is 10.2 Å². The molecule has 3 rings (SSSR count). The summed E-state index contributed by atoms with van der Waals surface area (Å²) in [5, 5.41) is 29.8. The summed E-state index contributed by atoms with van der Waals surface area (Å²) in [6.07, 6.45) is 0. The van der Waals surface area contributed by atoms with Gasteiger partial charge in [-0.2, -0.15) is 0 Å². The first-order valence-corrected chi connectivity index (χ1v) is 6.58. The predicted octanol–water partition coefficient (Wildman–Crippen LogP) is 4.97. The van der Waals surface area contributed by atoms with Crippen molar-refractivity contribution in [2.45, 2.75) is 6.92 Å². The molecule has 0 bridgehead atoms. The molecule has 0 saturated carbocycles. The van der Waals surface area contributed by atoms with Crippen LogP contribution >= 0.6 is 0 Å². The van der Waals surface area contributed by atoms with Gasteiger partial charge in [-0.1, -0.05) is 36.4 Å². The summed E-state index contributed by atoms with van der Waals surface area (Å²) in [6, 6.07) is 16.2. The summed E-state index contributed by atoms with van der Waals surface area (Å²) in [5.41, 5.74) is 1.65. The van der Waals surface area contributed by atoms with Crippen LogP contribution in [-0.2, 0) is 0 Å². The molecule has 0 spiro atoms. The zero-order chi connectivity index (χ0) is 14.8. The van der Waals surface area contributed by atoms with E-state index in [-0.39, 0.29) is 11.5 Å². The first-order chi connectivity index (χ1) is 10.2. The minimum atomic E-state index is 0.0789. The van der Waals surface area contributed by atoms with Crippen molar-refractivity contribution < 1.29 is 10.2 Å². The van der Waals surface area contributed by atoms with E-state index < -0.39 is 0 Å². The number of aromatic hydroxyl groups is 2. The molecule has 3 aromatic rings. The molecule has 4 nitrogen and oxygen atoms in total. The maximum Gasteiger partial charge on any atom is 0.143 e. The highest BCUT2D eigenvalue weighted by Gasteiger charge is 2.06. The summed E-state index contributed by atoms with van der Waals surface area (Å²) in [7, 11) is 0. The number of fused-ring (bicyclic) bond motifs is 1. The Balaban J connectivity index is 2.11. The molecule has 0 aliphatic carbocycles. The fraction of sp³-hybridized carbons (Fsp3) is 0.0588. The molecule has 0 aromatic heterocycles. The van der Waals surface area contributed by atoms with Crippen molar-refractivity contribution in [2.24, 2.45) is 10.2 Å². The van der Waals surface area contributed by atoms with Crippen LogP contribution in [0.25, 0.3) is 10.8 Å². The fourth-order valence-corrected chi connectivity index (χ4v) is 2.17.